The van der Waals surface area contributed by atoms with Crippen LogP contribution in [0.5, 0.6) is 0 Å². The molecule has 12 heteroatoms. The molecule has 2 N–H and O–H groups in total. The number of rotatable bonds is 4. The third kappa shape index (κ3) is 2.01. The van der Waals surface area contributed by atoms with Gasteiger partial charge >= 0.3 is 0 Å². The first-order valence-corrected chi connectivity index (χ1v) is 4.41. The highest BCUT2D eigenvalue weighted by Crippen LogP contribution is 2.25. The summed E-state index contributed by atoms with van der Waals surface area (Å²) in [7, 11) is 0. The van der Waals surface area contributed by atoms with E-state index >= 15 is 0 Å². The molecular weight excluding hydrogens is 263 g/mol. The van der Waals surface area contributed by atoms with E-state index in [1.165, 1.54) is 0 Å². The van der Waals surface area contributed by atoms with Crippen LogP contribution in [-0.2, 0) is 0 Å². The van der Waals surface area contributed by atoms with Gasteiger partial charge in [-0.1, -0.05) is 0 Å². The van der Waals surface area contributed by atoms with E-state index in [1.807, 2.05) is 0 Å². The molecule has 0 fully saturated rings. The Hall–Kier alpha value is -1.94. The summed E-state index contributed by atoms with van der Waals surface area (Å²) in [5.74, 6) is 0.307. The van der Waals surface area contributed by atoms with Crippen molar-refractivity contribution in [1.29, 1.82) is 0 Å². The zero-order valence-electron chi connectivity index (χ0n) is 7.26. The lowest BCUT2D eigenvalue weighted by molar-refractivity contribution is 0.309. The van der Waals surface area contributed by atoms with Crippen molar-refractivity contribution in [1.82, 2.24) is 20.6 Å². The third-order valence-electron chi connectivity index (χ3n) is 1.36. The van der Waals surface area contributed by atoms with Gasteiger partial charge in [0.25, 0.3) is 11.6 Å². The number of nitrogens with zero attached hydrogens (tertiary/aromatic N) is 6. The van der Waals surface area contributed by atoms with Crippen LogP contribution in [0.1, 0.15) is 0 Å². The number of hydrogen-bond donors (Lipinski definition) is 2. The van der Waals surface area contributed by atoms with Crippen molar-refractivity contribution in [2.24, 2.45) is 10.2 Å². The third-order valence-corrected chi connectivity index (χ3v) is 1.72. The molecule has 84 valence electrons. The number of aromatic nitrogens is 4. The minimum absolute atomic E-state index is 0.0403. The Morgan fingerprint density at radius 1 is 0.812 bits per heavy atom. The minimum Gasteiger partial charge on any atom is -0.276 e. The predicted molar refractivity (Wildman–Crippen MR) is 51.7 cm³/mol. The lowest BCUT2D eigenvalue weighted by Crippen LogP contribution is -1.80. The molecule has 0 atom stereocenters. The van der Waals surface area contributed by atoms with E-state index in [-0.39, 0.29) is 23.3 Å². The van der Waals surface area contributed by atoms with Crippen LogP contribution in [0.15, 0.2) is 19.5 Å². The van der Waals surface area contributed by atoms with E-state index in [4.69, 9.17) is 23.6 Å². The molecule has 0 aliphatic heterocycles. The van der Waals surface area contributed by atoms with Crippen LogP contribution in [0, 0.1) is 0 Å². The normalized spacial score (nSPS) is 10.9. The quantitative estimate of drug-likeness (QED) is 0.634. The fraction of sp³-hybridized carbons (Fsp3) is 0. The monoisotopic (exact) mass is 264 g/mol. The molecule has 0 saturated carbocycles. The average Bonchev–Trinajstić information content (AvgIpc) is 2.94. The Balaban J connectivity index is 2.21. The molecule has 0 aliphatic rings. The van der Waals surface area contributed by atoms with Crippen molar-refractivity contribution in [2.45, 2.75) is 0 Å². The molecule has 2 rings (SSSR count). The zero-order valence-corrected chi connectivity index (χ0v) is 8.77. The van der Waals surface area contributed by atoms with Crippen molar-refractivity contribution in [3.05, 3.63) is 0 Å². The molecule has 2 aromatic heterocycles. The Morgan fingerprint density at radius 2 is 1.25 bits per heavy atom. The first-order valence-electron chi connectivity index (χ1n) is 3.65. The topological polar surface area (TPSA) is 127 Å². The Bertz CT molecular complexity index is 449. The van der Waals surface area contributed by atoms with Gasteiger partial charge in [-0.25, -0.2) is 9.26 Å². The number of anilines is 2. The Morgan fingerprint density at radius 3 is 1.62 bits per heavy atom. The Kier molecular flexibility index (Phi) is 3.12. The first kappa shape index (κ1) is 10.6. The van der Waals surface area contributed by atoms with Gasteiger partial charge in [-0.05, 0) is 20.6 Å². The van der Waals surface area contributed by atoms with Gasteiger partial charge in [0.1, 0.15) is 0 Å². The summed E-state index contributed by atoms with van der Waals surface area (Å²) < 4.78 is 8.72. The molecule has 2 aromatic rings. The second-order valence-electron chi connectivity index (χ2n) is 2.26. The molecule has 0 aliphatic carbocycles. The maximum Gasteiger partial charge on any atom is 0.263 e. The SMILES string of the molecule is ClNc1nonc1N=Nc1nonc1NCl. The van der Waals surface area contributed by atoms with Gasteiger partial charge in [0.2, 0.25) is 11.6 Å². The van der Waals surface area contributed by atoms with Crippen LogP contribution in [-0.4, -0.2) is 20.6 Å². The molecular formula is C4H2Cl2N8O2. The molecule has 0 spiro atoms. The molecule has 0 saturated heterocycles. The number of halogens is 2. The first-order chi connectivity index (χ1) is 7.85. The van der Waals surface area contributed by atoms with Gasteiger partial charge in [0, 0.05) is 23.6 Å². The largest absolute Gasteiger partial charge is 0.276 e. The number of hydrogen-bond acceptors (Lipinski definition) is 10. The zero-order chi connectivity index (χ0) is 11.4. The standard InChI is InChI=1S/C4H2Cl2N8O2/c5-7-1-3(13-15-11-1)9-10-4-2(8-6)12-16-14-4/h(H,7,11)(H,8,12). The van der Waals surface area contributed by atoms with E-state index in [2.05, 4.69) is 49.8 Å². The van der Waals surface area contributed by atoms with E-state index in [0.717, 1.165) is 0 Å². The smallest absolute Gasteiger partial charge is 0.263 e. The van der Waals surface area contributed by atoms with Crippen LogP contribution >= 0.6 is 23.6 Å². The molecule has 16 heavy (non-hydrogen) atoms. The van der Waals surface area contributed by atoms with E-state index < -0.39 is 0 Å². The summed E-state index contributed by atoms with van der Waals surface area (Å²) in [6, 6.07) is 0. The number of nitrogens with one attached hydrogen (secondary N) is 2. The Labute approximate surface area is 97.1 Å². The number of azo groups is 1. The summed E-state index contributed by atoms with van der Waals surface area (Å²) in [6.45, 7) is 0. The highest BCUT2D eigenvalue weighted by Gasteiger charge is 2.10. The molecule has 0 aromatic carbocycles. The maximum atomic E-state index is 5.30. The van der Waals surface area contributed by atoms with Gasteiger partial charge < -0.3 is 0 Å². The van der Waals surface area contributed by atoms with Gasteiger partial charge in [0.15, 0.2) is 0 Å². The van der Waals surface area contributed by atoms with Crippen LogP contribution in [0.25, 0.3) is 0 Å². The highest BCUT2D eigenvalue weighted by atomic mass is 35.5. The summed E-state index contributed by atoms with van der Waals surface area (Å²) in [6.07, 6.45) is 0. The van der Waals surface area contributed by atoms with Gasteiger partial charge in [-0.2, -0.15) is 0 Å². The molecule has 0 unspecified atom stereocenters. The minimum atomic E-state index is 0.0403. The second-order valence-corrected chi connectivity index (χ2v) is 2.64. The van der Waals surface area contributed by atoms with Crippen molar-refractivity contribution < 1.29 is 9.26 Å². The average molecular weight is 265 g/mol. The highest BCUT2D eigenvalue weighted by molar-refractivity contribution is 6.24. The van der Waals surface area contributed by atoms with E-state index in [0.29, 0.717) is 0 Å². The summed E-state index contributed by atoms with van der Waals surface area (Å²) in [5.41, 5.74) is 0. The van der Waals surface area contributed by atoms with Gasteiger partial charge in [-0.3, -0.25) is 9.67 Å². The maximum absolute atomic E-state index is 5.30. The summed E-state index contributed by atoms with van der Waals surface area (Å²) >= 11 is 10.6. The van der Waals surface area contributed by atoms with Gasteiger partial charge in [-0.15, -0.1) is 10.2 Å². The van der Waals surface area contributed by atoms with Crippen LogP contribution in [0.2, 0.25) is 0 Å². The molecule has 0 radical (unpaired) electrons. The van der Waals surface area contributed by atoms with Gasteiger partial charge in [0.05, 0.1) is 0 Å². The molecule has 10 nitrogen and oxygen atoms in total. The van der Waals surface area contributed by atoms with Crippen molar-refractivity contribution >= 4 is 46.8 Å². The summed E-state index contributed by atoms with van der Waals surface area (Å²) in [5, 5.41) is 20.9. The van der Waals surface area contributed by atoms with Crippen LogP contribution in [0.3, 0.4) is 0 Å². The lowest BCUT2D eigenvalue weighted by Gasteiger charge is -1.87. The van der Waals surface area contributed by atoms with Crippen LogP contribution in [0.4, 0.5) is 23.3 Å². The lowest BCUT2D eigenvalue weighted by atomic mass is 10.7. The molecule has 0 amide bonds. The van der Waals surface area contributed by atoms with E-state index in [9.17, 15) is 0 Å². The van der Waals surface area contributed by atoms with Crippen molar-refractivity contribution in [3.8, 4) is 0 Å². The van der Waals surface area contributed by atoms with Crippen molar-refractivity contribution in [3.63, 3.8) is 0 Å². The summed E-state index contributed by atoms with van der Waals surface area (Å²) in [4.78, 5) is 4.37. The molecule has 2 heterocycles. The van der Waals surface area contributed by atoms with Crippen LogP contribution < -0.4 is 9.67 Å². The van der Waals surface area contributed by atoms with E-state index in [1.54, 1.807) is 0 Å². The predicted octanol–water partition coefficient (Wildman–Crippen LogP) is 2.00. The van der Waals surface area contributed by atoms with Crippen molar-refractivity contribution in [2.75, 3.05) is 9.67 Å². The fourth-order valence-corrected chi connectivity index (χ4v) is 0.951. The second kappa shape index (κ2) is 4.72. The molecule has 0 bridgehead atoms. The fourth-order valence-electron chi connectivity index (χ4n) is 0.713.